The van der Waals surface area contributed by atoms with Crippen LogP contribution in [-0.4, -0.2) is 38.1 Å². The monoisotopic (exact) mass is 255 g/mol. The summed E-state index contributed by atoms with van der Waals surface area (Å²) < 4.78 is 5.48. The van der Waals surface area contributed by atoms with Crippen LogP contribution in [0.4, 0.5) is 0 Å². The average Bonchev–Trinajstić information content (AvgIpc) is 2.65. The molecule has 106 valence electrons. The SMILES string of the molecule is CN(C)CCOC(=O)C1(CC(C)(C)C)CC1(C)C. The number of carbonyl (C=O) groups excluding carboxylic acids is 1. The minimum absolute atomic E-state index is 0.00396. The predicted molar refractivity (Wildman–Crippen MR) is 74.4 cm³/mol. The smallest absolute Gasteiger partial charge is 0.312 e. The molecular weight excluding hydrogens is 226 g/mol. The third kappa shape index (κ3) is 3.47. The highest BCUT2D eigenvalue weighted by molar-refractivity contribution is 5.81. The molecule has 1 rings (SSSR count). The highest BCUT2D eigenvalue weighted by atomic mass is 16.5. The molecule has 0 radical (unpaired) electrons. The zero-order valence-corrected chi connectivity index (χ0v) is 13.1. The fourth-order valence-corrected chi connectivity index (χ4v) is 2.80. The van der Waals surface area contributed by atoms with Gasteiger partial charge in [-0.1, -0.05) is 34.6 Å². The van der Waals surface area contributed by atoms with Crippen LogP contribution in [0.2, 0.25) is 0 Å². The molecule has 3 heteroatoms. The Bertz CT molecular complexity index is 315. The molecule has 1 atom stereocenters. The third-order valence-corrected chi connectivity index (χ3v) is 3.91. The Morgan fingerprint density at radius 3 is 2.11 bits per heavy atom. The molecular formula is C15H29NO2. The fourth-order valence-electron chi connectivity index (χ4n) is 2.80. The predicted octanol–water partition coefficient (Wildman–Crippen LogP) is 2.94. The van der Waals surface area contributed by atoms with Gasteiger partial charge in [-0.2, -0.15) is 0 Å². The molecule has 1 aliphatic rings. The van der Waals surface area contributed by atoms with Crippen molar-refractivity contribution in [2.45, 2.75) is 47.5 Å². The van der Waals surface area contributed by atoms with Gasteiger partial charge in [-0.3, -0.25) is 4.79 Å². The third-order valence-electron chi connectivity index (χ3n) is 3.91. The maximum absolute atomic E-state index is 12.4. The van der Waals surface area contributed by atoms with Gasteiger partial charge in [0.15, 0.2) is 0 Å². The summed E-state index contributed by atoms with van der Waals surface area (Å²) in [5, 5.41) is 0. The lowest BCUT2D eigenvalue weighted by Gasteiger charge is -2.27. The van der Waals surface area contributed by atoms with Gasteiger partial charge in [-0.05, 0) is 37.8 Å². The first kappa shape index (κ1) is 15.5. The summed E-state index contributed by atoms with van der Waals surface area (Å²) >= 11 is 0. The van der Waals surface area contributed by atoms with E-state index in [1.165, 1.54) is 0 Å². The van der Waals surface area contributed by atoms with Gasteiger partial charge < -0.3 is 9.64 Å². The lowest BCUT2D eigenvalue weighted by molar-refractivity contribution is -0.153. The van der Waals surface area contributed by atoms with E-state index in [4.69, 9.17) is 4.74 Å². The van der Waals surface area contributed by atoms with E-state index in [9.17, 15) is 4.79 Å². The van der Waals surface area contributed by atoms with Gasteiger partial charge in [-0.25, -0.2) is 0 Å². The Morgan fingerprint density at radius 1 is 1.28 bits per heavy atom. The molecule has 1 unspecified atom stereocenters. The summed E-state index contributed by atoms with van der Waals surface area (Å²) in [5.41, 5.74) is 0.00137. The quantitative estimate of drug-likeness (QED) is 0.707. The van der Waals surface area contributed by atoms with Crippen molar-refractivity contribution < 1.29 is 9.53 Å². The van der Waals surface area contributed by atoms with Crippen LogP contribution in [0.1, 0.15) is 47.5 Å². The molecule has 0 saturated heterocycles. The van der Waals surface area contributed by atoms with E-state index < -0.39 is 0 Å². The first-order chi connectivity index (χ1) is 8.00. The molecule has 0 N–H and O–H groups in total. The van der Waals surface area contributed by atoms with Gasteiger partial charge in [0.1, 0.15) is 6.61 Å². The maximum Gasteiger partial charge on any atom is 0.312 e. The Labute approximate surface area is 112 Å². The average molecular weight is 255 g/mol. The van der Waals surface area contributed by atoms with Crippen LogP contribution < -0.4 is 0 Å². The Hall–Kier alpha value is -0.570. The van der Waals surface area contributed by atoms with Crippen LogP contribution in [0.5, 0.6) is 0 Å². The van der Waals surface area contributed by atoms with E-state index in [2.05, 4.69) is 34.6 Å². The van der Waals surface area contributed by atoms with Gasteiger partial charge in [0.2, 0.25) is 0 Å². The van der Waals surface area contributed by atoms with E-state index in [1.54, 1.807) is 0 Å². The number of hydrogen-bond donors (Lipinski definition) is 0. The summed E-state index contributed by atoms with van der Waals surface area (Å²) in [6.45, 7) is 12.2. The van der Waals surface area contributed by atoms with Crippen molar-refractivity contribution in [1.29, 1.82) is 0 Å². The minimum atomic E-state index is -0.252. The van der Waals surface area contributed by atoms with Crippen LogP contribution in [0, 0.1) is 16.2 Å². The van der Waals surface area contributed by atoms with Crippen LogP contribution in [-0.2, 0) is 9.53 Å². The van der Waals surface area contributed by atoms with E-state index >= 15 is 0 Å². The molecule has 0 aromatic carbocycles. The summed E-state index contributed by atoms with van der Waals surface area (Å²) in [5.74, 6) is 0.00396. The first-order valence-electron chi connectivity index (χ1n) is 6.82. The number of carbonyl (C=O) groups is 1. The van der Waals surface area contributed by atoms with Crippen LogP contribution in [0.3, 0.4) is 0 Å². The number of hydrogen-bond acceptors (Lipinski definition) is 3. The van der Waals surface area contributed by atoms with Gasteiger partial charge >= 0.3 is 5.97 Å². The lowest BCUT2D eigenvalue weighted by Crippen LogP contribution is -2.30. The second-order valence-electron chi connectivity index (χ2n) is 7.82. The van der Waals surface area contributed by atoms with Crippen molar-refractivity contribution in [3.8, 4) is 0 Å². The van der Waals surface area contributed by atoms with Crippen LogP contribution in [0.15, 0.2) is 0 Å². The van der Waals surface area contributed by atoms with Gasteiger partial charge in [-0.15, -0.1) is 0 Å². The van der Waals surface area contributed by atoms with Crippen molar-refractivity contribution in [2.75, 3.05) is 27.2 Å². The normalized spacial score (nSPS) is 26.2. The second-order valence-corrected chi connectivity index (χ2v) is 7.82. The Kier molecular flexibility index (Phi) is 4.16. The van der Waals surface area contributed by atoms with Crippen molar-refractivity contribution in [1.82, 2.24) is 4.90 Å². The molecule has 0 heterocycles. The lowest BCUT2D eigenvalue weighted by atomic mass is 9.79. The highest BCUT2D eigenvalue weighted by Crippen LogP contribution is 2.68. The molecule has 1 fully saturated rings. The molecule has 0 amide bonds. The van der Waals surface area contributed by atoms with Gasteiger partial charge in [0.25, 0.3) is 0 Å². The van der Waals surface area contributed by atoms with Crippen molar-refractivity contribution in [3.05, 3.63) is 0 Å². The van der Waals surface area contributed by atoms with Crippen molar-refractivity contribution >= 4 is 5.97 Å². The standard InChI is InChI=1S/C15H29NO2/c1-13(2,3)10-15(11-14(15,4)5)12(17)18-9-8-16(6)7/h8-11H2,1-7H3. The van der Waals surface area contributed by atoms with Crippen molar-refractivity contribution in [2.24, 2.45) is 16.2 Å². The number of rotatable bonds is 5. The van der Waals surface area contributed by atoms with Gasteiger partial charge in [0.05, 0.1) is 5.41 Å². The molecule has 0 bridgehead atoms. The van der Waals surface area contributed by atoms with Crippen LogP contribution in [0.25, 0.3) is 0 Å². The molecule has 1 aliphatic carbocycles. The molecule has 0 aromatic rings. The second kappa shape index (κ2) is 4.84. The summed E-state index contributed by atoms with van der Waals surface area (Å²) in [6, 6.07) is 0. The molecule has 0 aromatic heterocycles. The minimum Gasteiger partial charge on any atom is -0.464 e. The summed E-state index contributed by atoms with van der Waals surface area (Å²) in [6.07, 6.45) is 1.87. The van der Waals surface area contributed by atoms with E-state index in [0.29, 0.717) is 6.61 Å². The van der Waals surface area contributed by atoms with E-state index in [-0.39, 0.29) is 22.2 Å². The molecule has 0 aliphatic heterocycles. The number of esters is 1. The van der Waals surface area contributed by atoms with E-state index in [0.717, 1.165) is 19.4 Å². The largest absolute Gasteiger partial charge is 0.464 e. The maximum atomic E-state index is 12.4. The summed E-state index contributed by atoms with van der Waals surface area (Å²) in [4.78, 5) is 14.4. The fraction of sp³-hybridized carbons (Fsp3) is 0.933. The zero-order chi connectivity index (χ0) is 14.2. The molecule has 3 nitrogen and oxygen atoms in total. The molecule has 0 spiro atoms. The highest BCUT2D eigenvalue weighted by Gasteiger charge is 2.67. The van der Waals surface area contributed by atoms with E-state index in [1.807, 2.05) is 19.0 Å². The number of ether oxygens (including phenoxy) is 1. The Morgan fingerprint density at radius 2 is 1.78 bits per heavy atom. The number of nitrogens with zero attached hydrogens (tertiary/aromatic N) is 1. The topological polar surface area (TPSA) is 29.5 Å². The Balaban J connectivity index is 2.62. The molecule has 1 saturated carbocycles. The first-order valence-corrected chi connectivity index (χ1v) is 6.82. The van der Waals surface area contributed by atoms with Crippen molar-refractivity contribution in [3.63, 3.8) is 0 Å². The summed E-state index contributed by atoms with van der Waals surface area (Å²) in [7, 11) is 3.97. The zero-order valence-electron chi connectivity index (χ0n) is 13.1. The van der Waals surface area contributed by atoms with Crippen LogP contribution >= 0.6 is 0 Å². The van der Waals surface area contributed by atoms with Gasteiger partial charge in [0, 0.05) is 6.54 Å². The number of likely N-dealkylation sites (N-methyl/N-ethyl adjacent to an activating group) is 1. The molecule has 18 heavy (non-hydrogen) atoms.